The molecule has 26 heavy (non-hydrogen) atoms. The fraction of sp³-hybridized carbons (Fsp3) is 0.316. The number of carbonyl (C=O) groups excluding carboxylic acids is 1. The molecule has 2 rings (SSSR count). The van der Waals surface area contributed by atoms with Crippen molar-refractivity contribution >= 4 is 17.3 Å². The summed E-state index contributed by atoms with van der Waals surface area (Å²) >= 11 is 0. The van der Waals surface area contributed by atoms with Crippen molar-refractivity contribution in [2.24, 2.45) is 10.2 Å². The predicted molar refractivity (Wildman–Crippen MR) is 97.4 cm³/mol. The van der Waals surface area contributed by atoms with Gasteiger partial charge in [-0.25, -0.2) is 0 Å². The van der Waals surface area contributed by atoms with Crippen molar-refractivity contribution in [3.63, 3.8) is 0 Å². The lowest BCUT2D eigenvalue weighted by atomic mass is 9.94. The summed E-state index contributed by atoms with van der Waals surface area (Å²) in [7, 11) is 0. The molecule has 136 valence electrons. The van der Waals surface area contributed by atoms with E-state index in [0.717, 1.165) is 27.8 Å². The standard InChI is InChI=1S/C19H21N3O4/c1-12-9-13(2)19(11-26-15(4)23)14(3)18(12)10-20-21-16-5-7-17(8-6-16)22(24)25/h5-9H,10-11H2,1-4H3. The van der Waals surface area contributed by atoms with Crippen LogP contribution in [0.3, 0.4) is 0 Å². The molecule has 0 fully saturated rings. The number of nitrogens with zero attached hydrogens (tertiary/aromatic N) is 3. The van der Waals surface area contributed by atoms with Crippen LogP contribution in [0, 0.1) is 30.9 Å². The molecule has 0 bridgehead atoms. The molecule has 0 aliphatic rings. The van der Waals surface area contributed by atoms with E-state index in [1.807, 2.05) is 26.8 Å². The van der Waals surface area contributed by atoms with Crippen LogP contribution in [-0.4, -0.2) is 10.9 Å². The summed E-state index contributed by atoms with van der Waals surface area (Å²) in [5.41, 5.74) is 5.77. The van der Waals surface area contributed by atoms with Gasteiger partial charge in [-0.15, -0.1) is 0 Å². The quantitative estimate of drug-likeness (QED) is 0.320. The molecule has 0 radical (unpaired) electrons. The number of esters is 1. The van der Waals surface area contributed by atoms with E-state index in [1.54, 1.807) is 12.1 Å². The Bertz CT molecular complexity index is 858. The maximum Gasteiger partial charge on any atom is 0.302 e. The number of benzene rings is 2. The van der Waals surface area contributed by atoms with E-state index in [1.165, 1.54) is 19.1 Å². The molecule has 7 heteroatoms. The molecule has 0 aromatic heterocycles. The molecule has 0 aliphatic carbocycles. The van der Waals surface area contributed by atoms with Gasteiger partial charge in [0.15, 0.2) is 0 Å². The van der Waals surface area contributed by atoms with E-state index in [2.05, 4.69) is 10.2 Å². The molecule has 0 N–H and O–H groups in total. The van der Waals surface area contributed by atoms with Gasteiger partial charge in [-0.3, -0.25) is 14.9 Å². The Morgan fingerprint density at radius 1 is 1.12 bits per heavy atom. The van der Waals surface area contributed by atoms with Crippen LogP contribution in [0.15, 0.2) is 40.6 Å². The normalized spacial score (nSPS) is 10.9. The third kappa shape index (κ3) is 4.72. The number of ether oxygens (including phenoxy) is 1. The number of aryl methyl sites for hydroxylation is 2. The number of rotatable bonds is 6. The van der Waals surface area contributed by atoms with Crippen LogP contribution in [0.4, 0.5) is 11.4 Å². The summed E-state index contributed by atoms with van der Waals surface area (Å²) in [6, 6.07) is 7.95. The molecule has 0 unspecified atom stereocenters. The summed E-state index contributed by atoms with van der Waals surface area (Å²) in [6.07, 6.45) is 0. The lowest BCUT2D eigenvalue weighted by molar-refractivity contribution is -0.384. The maximum atomic E-state index is 11.1. The summed E-state index contributed by atoms with van der Waals surface area (Å²) in [5, 5.41) is 19.0. The number of nitro benzene ring substituents is 1. The van der Waals surface area contributed by atoms with Crippen LogP contribution in [-0.2, 0) is 22.7 Å². The third-order valence-electron chi connectivity index (χ3n) is 4.19. The first-order valence-corrected chi connectivity index (χ1v) is 8.13. The highest BCUT2D eigenvalue weighted by Gasteiger charge is 2.12. The smallest absolute Gasteiger partial charge is 0.302 e. The maximum absolute atomic E-state index is 11.1. The third-order valence-corrected chi connectivity index (χ3v) is 4.19. The zero-order valence-corrected chi connectivity index (χ0v) is 15.3. The van der Waals surface area contributed by atoms with E-state index in [9.17, 15) is 14.9 Å². The van der Waals surface area contributed by atoms with Crippen molar-refractivity contribution in [2.45, 2.75) is 40.8 Å². The van der Waals surface area contributed by atoms with Gasteiger partial charge < -0.3 is 4.74 Å². The molecule has 7 nitrogen and oxygen atoms in total. The molecule has 0 atom stereocenters. The summed E-state index contributed by atoms with van der Waals surface area (Å²) in [4.78, 5) is 21.3. The fourth-order valence-corrected chi connectivity index (χ4v) is 2.74. The molecule has 0 heterocycles. The average molecular weight is 355 g/mol. The first-order chi connectivity index (χ1) is 12.3. The van der Waals surface area contributed by atoms with Crippen LogP contribution < -0.4 is 0 Å². The van der Waals surface area contributed by atoms with Crippen LogP contribution in [0.1, 0.15) is 34.7 Å². The van der Waals surface area contributed by atoms with E-state index in [-0.39, 0.29) is 18.3 Å². The SMILES string of the molecule is CC(=O)OCc1c(C)cc(C)c(CN=Nc2ccc([N+](=O)[O-])cc2)c1C. The lowest BCUT2D eigenvalue weighted by Gasteiger charge is -2.16. The van der Waals surface area contributed by atoms with E-state index >= 15 is 0 Å². The zero-order chi connectivity index (χ0) is 19.3. The molecular weight excluding hydrogens is 334 g/mol. The zero-order valence-electron chi connectivity index (χ0n) is 15.3. The van der Waals surface area contributed by atoms with Gasteiger partial charge in [0.25, 0.3) is 5.69 Å². The van der Waals surface area contributed by atoms with E-state index in [0.29, 0.717) is 12.2 Å². The largest absolute Gasteiger partial charge is 0.461 e. The number of non-ortho nitro benzene ring substituents is 1. The molecule has 0 saturated heterocycles. The van der Waals surface area contributed by atoms with Crippen LogP contribution in [0.2, 0.25) is 0 Å². The second kappa shape index (κ2) is 8.33. The van der Waals surface area contributed by atoms with Crippen LogP contribution in [0.5, 0.6) is 0 Å². The van der Waals surface area contributed by atoms with Gasteiger partial charge in [-0.1, -0.05) is 6.07 Å². The van der Waals surface area contributed by atoms with Crippen molar-refractivity contribution in [1.82, 2.24) is 0 Å². The van der Waals surface area contributed by atoms with E-state index < -0.39 is 4.92 Å². The number of azo groups is 1. The number of carbonyl (C=O) groups is 1. The van der Waals surface area contributed by atoms with Crippen molar-refractivity contribution in [1.29, 1.82) is 0 Å². The minimum atomic E-state index is -0.454. The monoisotopic (exact) mass is 355 g/mol. The van der Waals surface area contributed by atoms with Gasteiger partial charge in [-0.2, -0.15) is 10.2 Å². The Morgan fingerprint density at radius 2 is 1.73 bits per heavy atom. The topological polar surface area (TPSA) is 94.2 Å². The van der Waals surface area contributed by atoms with Gasteiger partial charge in [-0.05, 0) is 60.7 Å². The Balaban J connectivity index is 2.19. The van der Waals surface area contributed by atoms with Gasteiger partial charge in [0.2, 0.25) is 0 Å². The highest BCUT2D eigenvalue weighted by molar-refractivity contribution is 5.66. The Kier molecular flexibility index (Phi) is 6.16. The van der Waals surface area contributed by atoms with Crippen molar-refractivity contribution in [3.05, 3.63) is 68.3 Å². The van der Waals surface area contributed by atoms with E-state index in [4.69, 9.17) is 4.74 Å². The van der Waals surface area contributed by atoms with Crippen molar-refractivity contribution in [3.8, 4) is 0 Å². The number of nitro groups is 1. The Hall–Kier alpha value is -3.09. The summed E-state index contributed by atoms with van der Waals surface area (Å²) in [5.74, 6) is -0.316. The second-order valence-corrected chi connectivity index (χ2v) is 6.05. The summed E-state index contributed by atoms with van der Waals surface area (Å²) < 4.78 is 5.14. The molecule has 0 aliphatic heterocycles. The van der Waals surface area contributed by atoms with Gasteiger partial charge in [0.05, 0.1) is 17.2 Å². The lowest BCUT2D eigenvalue weighted by Crippen LogP contribution is -2.06. The molecule has 0 saturated carbocycles. The Morgan fingerprint density at radius 3 is 2.31 bits per heavy atom. The molecule has 2 aromatic rings. The first kappa shape index (κ1) is 19.2. The highest BCUT2D eigenvalue weighted by Crippen LogP contribution is 2.25. The van der Waals surface area contributed by atoms with Gasteiger partial charge in [0.1, 0.15) is 6.61 Å². The molecule has 0 amide bonds. The molecular formula is C19H21N3O4. The molecule has 2 aromatic carbocycles. The second-order valence-electron chi connectivity index (χ2n) is 6.05. The fourth-order valence-electron chi connectivity index (χ4n) is 2.74. The minimum absolute atomic E-state index is 0.0179. The summed E-state index contributed by atoms with van der Waals surface area (Å²) in [6.45, 7) is 7.98. The highest BCUT2D eigenvalue weighted by atomic mass is 16.6. The number of hydrogen-bond donors (Lipinski definition) is 0. The predicted octanol–water partition coefficient (Wildman–Crippen LogP) is 4.87. The van der Waals surface area contributed by atoms with Crippen molar-refractivity contribution < 1.29 is 14.5 Å². The Labute approximate surface area is 151 Å². The van der Waals surface area contributed by atoms with Crippen LogP contribution in [0.25, 0.3) is 0 Å². The van der Waals surface area contributed by atoms with Crippen molar-refractivity contribution in [2.75, 3.05) is 0 Å². The molecule has 0 spiro atoms. The van der Waals surface area contributed by atoms with Crippen LogP contribution >= 0.6 is 0 Å². The van der Waals surface area contributed by atoms with Gasteiger partial charge >= 0.3 is 5.97 Å². The minimum Gasteiger partial charge on any atom is -0.461 e. The first-order valence-electron chi connectivity index (χ1n) is 8.13. The van der Waals surface area contributed by atoms with Gasteiger partial charge in [0, 0.05) is 19.1 Å². The number of hydrogen-bond acceptors (Lipinski definition) is 6. The average Bonchev–Trinajstić information content (AvgIpc) is 2.57.